The first-order valence-electron chi connectivity index (χ1n) is 8.49. The molecule has 0 aromatic carbocycles. The molecule has 0 bridgehead atoms. The number of pyridine rings is 3. The molecule has 6 heteroatoms. The van der Waals surface area contributed by atoms with E-state index in [9.17, 15) is 4.79 Å². The number of carbonyl (C=O) groups is 1. The highest BCUT2D eigenvalue weighted by molar-refractivity contribution is 5.91. The highest BCUT2D eigenvalue weighted by Crippen LogP contribution is 2.20. The standard InChI is InChI=1S/C20H17N5O/c26-20(23-13-9-16-5-1-3-10-22-16)19-24-18(15-7-11-21-12-8-15)17-6-2-4-14-25(17)19/h1-8,10-12,14H,9,13H2,(H,23,26)/p+2. The maximum absolute atomic E-state index is 12.7. The summed E-state index contributed by atoms with van der Waals surface area (Å²) in [5, 5.41) is 2.98. The van der Waals surface area contributed by atoms with Crippen LogP contribution in [-0.2, 0) is 6.42 Å². The lowest BCUT2D eigenvalue weighted by atomic mass is 10.2. The third-order valence-corrected chi connectivity index (χ3v) is 4.24. The molecule has 0 aliphatic rings. The number of nitrogens with zero attached hydrogens (tertiary/aromatic N) is 2. The Labute approximate surface area is 150 Å². The molecule has 3 N–H and O–H groups in total. The van der Waals surface area contributed by atoms with Crippen LogP contribution in [0.1, 0.15) is 16.3 Å². The molecule has 4 heterocycles. The van der Waals surface area contributed by atoms with Crippen LogP contribution in [0.25, 0.3) is 16.8 Å². The van der Waals surface area contributed by atoms with Crippen LogP contribution in [0.4, 0.5) is 0 Å². The van der Waals surface area contributed by atoms with Gasteiger partial charge in [0.05, 0.1) is 6.20 Å². The van der Waals surface area contributed by atoms with Gasteiger partial charge in [0.1, 0.15) is 0 Å². The summed E-state index contributed by atoms with van der Waals surface area (Å²) in [5.74, 6) is 0.367. The first-order chi connectivity index (χ1) is 12.8. The molecule has 4 aromatic rings. The van der Waals surface area contributed by atoms with Crippen molar-refractivity contribution in [3.05, 3.63) is 84.8 Å². The van der Waals surface area contributed by atoms with Crippen molar-refractivity contribution in [1.29, 1.82) is 0 Å². The van der Waals surface area contributed by atoms with Gasteiger partial charge in [-0.1, -0.05) is 12.1 Å². The predicted octanol–water partition coefficient (Wildman–Crippen LogP) is 1.60. The van der Waals surface area contributed by atoms with Gasteiger partial charge in [-0.2, -0.15) is 4.40 Å². The molecule has 0 radical (unpaired) electrons. The molecule has 0 aliphatic heterocycles. The lowest BCUT2D eigenvalue weighted by molar-refractivity contribution is -0.513. The summed E-state index contributed by atoms with van der Waals surface area (Å²) in [6, 6.07) is 15.6. The summed E-state index contributed by atoms with van der Waals surface area (Å²) in [6.45, 7) is 0.553. The highest BCUT2D eigenvalue weighted by Gasteiger charge is 2.25. The third kappa shape index (κ3) is 3.17. The molecule has 0 fully saturated rings. The van der Waals surface area contributed by atoms with Crippen LogP contribution in [0.2, 0.25) is 0 Å². The maximum atomic E-state index is 12.7. The van der Waals surface area contributed by atoms with Gasteiger partial charge in [-0.15, -0.1) is 0 Å². The monoisotopic (exact) mass is 345 g/mol. The Hall–Kier alpha value is -3.54. The zero-order chi connectivity index (χ0) is 17.8. The second-order valence-electron chi connectivity index (χ2n) is 5.93. The van der Waals surface area contributed by atoms with Crippen LogP contribution < -0.4 is 14.7 Å². The summed E-state index contributed by atoms with van der Waals surface area (Å²) in [7, 11) is 0. The molecule has 1 amide bonds. The van der Waals surface area contributed by atoms with Crippen LogP contribution in [0, 0.1) is 0 Å². The molecule has 26 heavy (non-hydrogen) atoms. The van der Waals surface area contributed by atoms with E-state index in [-0.39, 0.29) is 5.91 Å². The van der Waals surface area contributed by atoms with E-state index in [1.807, 2.05) is 65.3 Å². The third-order valence-electron chi connectivity index (χ3n) is 4.24. The first kappa shape index (κ1) is 16.0. The van der Waals surface area contributed by atoms with Gasteiger partial charge in [0.15, 0.2) is 23.1 Å². The molecule has 0 spiro atoms. The van der Waals surface area contributed by atoms with Gasteiger partial charge < -0.3 is 5.32 Å². The second-order valence-corrected chi connectivity index (χ2v) is 5.93. The van der Waals surface area contributed by atoms with Crippen LogP contribution in [0.15, 0.2) is 73.3 Å². The molecular formula is C20H19N5O+2. The van der Waals surface area contributed by atoms with Gasteiger partial charge >= 0.3 is 11.7 Å². The largest absolute Gasteiger partial charge is 0.351 e. The Balaban J connectivity index is 1.59. The van der Waals surface area contributed by atoms with Crippen LogP contribution in [-0.4, -0.2) is 22.4 Å². The number of aromatic amines is 2. The molecule has 0 unspecified atom stereocenters. The predicted molar refractivity (Wildman–Crippen MR) is 96.2 cm³/mol. The number of fused-ring (bicyclic) bond motifs is 1. The number of rotatable bonds is 5. The van der Waals surface area contributed by atoms with E-state index in [4.69, 9.17) is 0 Å². The van der Waals surface area contributed by atoms with Crippen LogP contribution >= 0.6 is 0 Å². The lowest BCUT2D eigenvalue weighted by Gasteiger charge is -1.99. The first-order valence-corrected chi connectivity index (χ1v) is 8.49. The summed E-state index contributed by atoms with van der Waals surface area (Å²) in [4.78, 5) is 23.2. The smallest absolute Gasteiger partial charge is 0.345 e. The van der Waals surface area contributed by atoms with Gasteiger partial charge in [-0.05, 0) is 24.3 Å². The SMILES string of the molecule is O=C(NCCc1cccc[nH+]1)c1[nH]c(-c2ccncc2)c2cccc[n+]12. The Morgan fingerprint density at radius 2 is 1.96 bits per heavy atom. The number of H-pyrrole nitrogens is 2. The average Bonchev–Trinajstić information content (AvgIpc) is 3.09. The molecular weight excluding hydrogens is 326 g/mol. The van der Waals surface area contributed by atoms with Crippen LogP contribution in [0.3, 0.4) is 0 Å². The van der Waals surface area contributed by atoms with E-state index in [2.05, 4.69) is 20.3 Å². The van der Waals surface area contributed by atoms with Crippen molar-refractivity contribution in [3.8, 4) is 11.3 Å². The Kier molecular flexibility index (Phi) is 4.38. The molecule has 0 saturated heterocycles. The van der Waals surface area contributed by atoms with E-state index in [1.54, 1.807) is 12.4 Å². The van der Waals surface area contributed by atoms with Crippen molar-refractivity contribution in [2.24, 2.45) is 0 Å². The van der Waals surface area contributed by atoms with Gasteiger partial charge in [-0.25, -0.2) is 9.97 Å². The van der Waals surface area contributed by atoms with Gasteiger partial charge in [-0.3, -0.25) is 9.78 Å². The minimum Gasteiger partial charge on any atom is -0.345 e. The zero-order valence-corrected chi connectivity index (χ0v) is 14.1. The molecule has 0 saturated carbocycles. The van der Waals surface area contributed by atoms with E-state index >= 15 is 0 Å². The number of amides is 1. The van der Waals surface area contributed by atoms with Crippen molar-refractivity contribution in [1.82, 2.24) is 15.3 Å². The average molecular weight is 345 g/mol. The number of imidazole rings is 1. The number of nitrogens with one attached hydrogen (secondary N) is 3. The molecule has 4 aromatic heterocycles. The fourth-order valence-electron chi connectivity index (χ4n) is 2.97. The Bertz CT molecular complexity index is 1030. The fourth-order valence-corrected chi connectivity index (χ4v) is 2.97. The van der Waals surface area contributed by atoms with Gasteiger partial charge in [0.2, 0.25) is 0 Å². The number of hydrogen-bond acceptors (Lipinski definition) is 2. The quantitative estimate of drug-likeness (QED) is 0.539. The van der Waals surface area contributed by atoms with E-state index < -0.39 is 0 Å². The summed E-state index contributed by atoms with van der Waals surface area (Å²) in [6.07, 6.45) is 7.99. The topological polar surface area (TPSA) is 76.0 Å². The summed E-state index contributed by atoms with van der Waals surface area (Å²) in [5.41, 5.74) is 3.91. The lowest BCUT2D eigenvalue weighted by Crippen LogP contribution is -2.36. The van der Waals surface area contributed by atoms with Crippen molar-refractivity contribution >= 4 is 11.4 Å². The second kappa shape index (κ2) is 7.14. The van der Waals surface area contributed by atoms with Crippen molar-refractivity contribution in [2.75, 3.05) is 6.54 Å². The maximum Gasteiger partial charge on any atom is 0.351 e. The number of aromatic nitrogens is 4. The minimum atomic E-state index is -0.137. The Morgan fingerprint density at radius 3 is 2.77 bits per heavy atom. The normalized spacial score (nSPS) is 10.8. The molecule has 0 aliphatic carbocycles. The van der Waals surface area contributed by atoms with E-state index in [0.717, 1.165) is 28.9 Å². The fraction of sp³-hybridized carbons (Fsp3) is 0.100. The molecule has 128 valence electrons. The van der Waals surface area contributed by atoms with E-state index in [1.165, 1.54) is 0 Å². The minimum absolute atomic E-state index is 0.137. The Morgan fingerprint density at radius 1 is 1.12 bits per heavy atom. The molecule has 0 atom stereocenters. The summed E-state index contributed by atoms with van der Waals surface area (Å²) >= 11 is 0. The number of hydrogen-bond donors (Lipinski definition) is 2. The van der Waals surface area contributed by atoms with E-state index in [0.29, 0.717) is 12.4 Å². The van der Waals surface area contributed by atoms with Crippen LogP contribution in [0.5, 0.6) is 0 Å². The summed E-state index contributed by atoms with van der Waals surface area (Å²) < 4.78 is 1.87. The number of carbonyl (C=O) groups excluding carboxylic acids is 1. The zero-order valence-electron chi connectivity index (χ0n) is 14.1. The van der Waals surface area contributed by atoms with Crippen molar-refractivity contribution in [3.63, 3.8) is 0 Å². The van der Waals surface area contributed by atoms with Crippen molar-refractivity contribution in [2.45, 2.75) is 6.42 Å². The molecule has 6 nitrogen and oxygen atoms in total. The van der Waals surface area contributed by atoms with Gasteiger partial charge in [0.25, 0.3) is 0 Å². The van der Waals surface area contributed by atoms with Crippen molar-refractivity contribution < 1.29 is 14.2 Å². The highest BCUT2D eigenvalue weighted by atomic mass is 16.2. The van der Waals surface area contributed by atoms with Gasteiger partial charge in [0, 0.05) is 43.1 Å². The molecule has 4 rings (SSSR count).